The zero-order valence-corrected chi connectivity index (χ0v) is 12.8. The van der Waals surface area contributed by atoms with Crippen molar-refractivity contribution in [3.63, 3.8) is 0 Å². The van der Waals surface area contributed by atoms with Crippen LogP contribution in [0.15, 0.2) is 24.3 Å². The van der Waals surface area contributed by atoms with E-state index in [1.54, 1.807) is 17.0 Å². The van der Waals surface area contributed by atoms with Crippen LogP contribution in [-0.2, 0) is 14.3 Å². The summed E-state index contributed by atoms with van der Waals surface area (Å²) >= 11 is 0. The zero-order chi connectivity index (χ0) is 15.5. The highest BCUT2D eigenvalue weighted by atomic mass is 19.1. The lowest BCUT2D eigenvalue weighted by Crippen LogP contribution is -2.49. The fraction of sp³-hybridized carbons (Fsp3) is 0.588. The van der Waals surface area contributed by atoms with E-state index in [-0.39, 0.29) is 23.7 Å². The van der Waals surface area contributed by atoms with E-state index in [0.29, 0.717) is 25.5 Å². The van der Waals surface area contributed by atoms with Crippen LogP contribution in [-0.4, -0.2) is 37.9 Å². The summed E-state index contributed by atoms with van der Waals surface area (Å²) < 4.78 is 24.6. The maximum atomic E-state index is 13.6. The van der Waals surface area contributed by atoms with Gasteiger partial charge in [-0.1, -0.05) is 13.0 Å². The minimum Gasteiger partial charge on any atom is -0.381 e. The Kier molecular flexibility index (Phi) is 4.74. The summed E-state index contributed by atoms with van der Waals surface area (Å²) in [4.78, 5) is 14.7. The minimum atomic E-state index is -0.425. The maximum Gasteiger partial charge on any atom is 0.256 e. The predicted molar refractivity (Wildman–Crippen MR) is 81.2 cm³/mol. The van der Waals surface area contributed by atoms with E-state index in [1.165, 1.54) is 12.1 Å². The summed E-state index contributed by atoms with van der Waals surface area (Å²) in [6.07, 6.45) is 2.00. The molecule has 0 unspecified atom stereocenters. The number of halogens is 1. The number of anilines is 1. The first-order chi connectivity index (χ1) is 10.7. The number of hydrogen-bond acceptors (Lipinski definition) is 3. The number of nitrogens with zero attached hydrogens (tertiary/aromatic N) is 1. The number of rotatable bonds is 3. The molecule has 2 heterocycles. The zero-order valence-electron chi connectivity index (χ0n) is 12.8. The number of hydrogen-bond donors (Lipinski definition) is 0. The number of ether oxygens (including phenoxy) is 2. The van der Waals surface area contributed by atoms with Gasteiger partial charge < -0.3 is 14.4 Å². The second-order valence-corrected chi connectivity index (χ2v) is 6.09. The van der Waals surface area contributed by atoms with E-state index in [4.69, 9.17) is 9.47 Å². The predicted octanol–water partition coefficient (Wildman–Crippen LogP) is 2.76. The molecule has 1 aromatic carbocycles. The van der Waals surface area contributed by atoms with E-state index < -0.39 is 6.10 Å². The Morgan fingerprint density at radius 3 is 2.64 bits per heavy atom. The lowest BCUT2D eigenvalue weighted by Gasteiger charge is -2.36. The molecule has 1 amide bonds. The van der Waals surface area contributed by atoms with Crippen LogP contribution in [0.2, 0.25) is 0 Å². The summed E-state index contributed by atoms with van der Waals surface area (Å²) in [6.45, 7) is 3.90. The van der Waals surface area contributed by atoms with Gasteiger partial charge in [0.25, 0.3) is 5.91 Å². The van der Waals surface area contributed by atoms with Gasteiger partial charge in [0.05, 0.1) is 0 Å². The summed E-state index contributed by atoms with van der Waals surface area (Å²) in [5.74, 6) is -0.186. The van der Waals surface area contributed by atoms with Gasteiger partial charge in [0.1, 0.15) is 11.9 Å². The van der Waals surface area contributed by atoms with E-state index in [1.807, 2.05) is 6.92 Å². The van der Waals surface area contributed by atoms with Gasteiger partial charge in [-0.2, -0.15) is 0 Å². The van der Waals surface area contributed by atoms with Gasteiger partial charge in [-0.15, -0.1) is 0 Å². The number of benzene rings is 1. The molecule has 0 N–H and O–H groups in total. The fourth-order valence-corrected chi connectivity index (χ4v) is 3.24. The molecule has 0 spiro atoms. The monoisotopic (exact) mass is 307 g/mol. The van der Waals surface area contributed by atoms with Crippen molar-refractivity contribution in [3.8, 4) is 0 Å². The van der Waals surface area contributed by atoms with Gasteiger partial charge in [0.2, 0.25) is 0 Å². The molecule has 5 heteroatoms. The number of carbonyl (C=O) groups is 1. The van der Waals surface area contributed by atoms with Crippen LogP contribution >= 0.6 is 0 Å². The molecule has 0 saturated carbocycles. The van der Waals surface area contributed by atoms with Crippen LogP contribution < -0.4 is 4.90 Å². The molecule has 2 fully saturated rings. The third kappa shape index (κ3) is 3.15. The Labute approximate surface area is 130 Å². The van der Waals surface area contributed by atoms with Crippen LogP contribution in [0, 0.1) is 11.7 Å². The SMILES string of the molecule is C[C@@H]1CCO[C@H]1C(=O)N(c1cccc(F)c1)C1CCOCC1. The fourth-order valence-electron chi connectivity index (χ4n) is 3.24. The quantitative estimate of drug-likeness (QED) is 0.862. The molecule has 2 aliphatic heterocycles. The first-order valence-electron chi connectivity index (χ1n) is 7.95. The first kappa shape index (κ1) is 15.4. The van der Waals surface area contributed by atoms with Crippen molar-refractivity contribution in [1.82, 2.24) is 0 Å². The molecule has 4 nitrogen and oxygen atoms in total. The minimum absolute atomic E-state index is 0.0412. The van der Waals surface area contributed by atoms with Gasteiger partial charge in [0, 0.05) is 31.5 Å². The van der Waals surface area contributed by atoms with Crippen LogP contribution in [0.25, 0.3) is 0 Å². The molecule has 0 bridgehead atoms. The average molecular weight is 307 g/mol. The standard InChI is InChI=1S/C17H22FNO3/c1-12-5-10-22-16(12)17(20)19(14-6-8-21-9-7-14)15-4-2-3-13(18)11-15/h2-4,11-12,14,16H,5-10H2,1H3/t12-,16-/m1/s1. The molecule has 120 valence electrons. The molecule has 22 heavy (non-hydrogen) atoms. The Morgan fingerprint density at radius 1 is 1.23 bits per heavy atom. The summed E-state index contributed by atoms with van der Waals surface area (Å²) in [5, 5.41) is 0. The largest absolute Gasteiger partial charge is 0.381 e. The molecule has 1 aromatic rings. The highest BCUT2D eigenvalue weighted by Gasteiger charge is 2.37. The van der Waals surface area contributed by atoms with Crippen molar-refractivity contribution >= 4 is 11.6 Å². The second kappa shape index (κ2) is 6.75. The summed E-state index contributed by atoms with van der Waals surface area (Å²) in [6, 6.07) is 6.29. The number of amides is 1. The molecule has 2 saturated heterocycles. The number of carbonyl (C=O) groups excluding carboxylic acids is 1. The van der Waals surface area contributed by atoms with E-state index in [0.717, 1.165) is 19.3 Å². The van der Waals surface area contributed by atoms with Crippen molar-refractivity contribution < 1.29 is 18.7 Å². The van der Waals surface area contributed by atoms with Crippen molar-refractivity contribution in [3.05, 3.63) is 30.1 Å². The molecule has 0 radical (unpaired) electrons. The van der Waals surface area contributed by atoms with Gasteiger partial charge in [-0.05, 0) is 43.4 Å². The second-order valence-electron chi connectivity index (χ2n) is 6.09. The van der Waals surface area contributed by atoms with Crippen molar-refractivity contribution in [2.75, 3.05) is 24.7 Å². The third-order valence-corrected chi connectivity index (χ3v) is 4.51. The topological polar surface area (TPSA) is 38.8 Å². The summed E-state index contributed by atoms with van der Waals surface area (Å²) in [5.41, 5.74) is 0.611. The van der Waals surface area contributed by atoms with Crippen LogP contribution in [0.3, 0.4) is 0 Å². The van der Waals surface area contributed by atoms with Crippen LogP contribution in [0.5, 0.6) is 0 Å². The van der Waals surface area contributed by atoms with E-state index in [9.17, 15) is 9.18 Å². The Bertz CT molecular complexity index is 530. The third-order valence-electron chi connectivity index (χ3n) is 4.51. The lowest BCUT2D eigenvalue weighted by molar-refractivity contribution is -0.129. The van der Waals surface area contributed by atoms with Crippen LogP contribution in [0.1, 0.15) is 26.2 Å². The highest BCUT2D eigenvalue weighted by molar-refractivity contribution is 5.97. The normalized spacial score (nSPS) is 26.1. The first-order valence-corrected chi connectivity index (χ1v) is 7.95. The van der Waals surface area contributed by atoms with Crippen molar-refractivity contribution in [2.45, 2.75) is 38.3 Å². The lowest BCUT2D eigenvalue weighted by atomic mass is 9.99. The van der Waals surface area contributed by atoms with Gasteiger partial charge >= 0.3 is 0 Å². The van der Waals surface area contributed by atoms with E-state index in [2.05, 4.69) is 0 Å². The molecule has 0 aromatic heterocycles. The molecule has 0 aliphatic carbocycles. The van der Waals surface area contributed by atoms with E-state index >= 15 is 0 Å². The van der Waals surface area contributed by atoms with Crippen molar-refractivity contribution in [1.29, 1.82) is 0 Å². The summed E-state index contributed by atoms with van der Waals surface area (Å²) in [7, 11) is 0. The maximum absolute atomic E-state index is 13.6. The Morgan fingerprint density at radius 2 is 2.00 bits per heavy atom. The van der Waals surface area contributed by atoms with Crippen LogP contribution in [0.4, 0.5) is 10.1 Å². The molecule has 3 rings (SSSR count). The molecular formula is C17H22FNO3. The Balaban J connectivity index is 1.89. The molecule has 2 atom stereocenters. The van der Waals surface area contributed by atoms with Gasteiger partial charge in [0.15, 0.2) is 0 Å². The van der Waals surface area contributed by atoms with Gasteiger partial charge in [-0.25, -0.2) is 4.39 Å². The van der Waals surface area contributed by atoms with Crippen molar-refractivity contribution in [2.24, 2.45) is 5.92 Å². The van der Waals surface area contributed by atoms with Gasteiger partial charge in [-0.3, -0.25) is 4.79 Å². The average Bonchev–Trinajstić information content (AvgIpc) is 2.95. The molecule has 2 aliphatic rings. The molecular weight excluding hydrogens is 285 g/mol. The Hall–Kier alpha value is -1.46. The highest BCUT2D eigenvalue weighted by Crippen LogP contribution is 2.29. The smallest absolute Gasteiger partial charge is 0.256 e.